The lowest BCUT2D eigenvalue weighted by Gasteiger charge is -2.34. The Morgan fingerprint density at radius 3 is 2.46 bits per heavy atom. The molecule has 1 N–H and O–H groups in total. The molecule has 1 aliphatic heterocycles. The molecule has 0 spiro atoms. The molecular formula is C27H28BrF2N7OS. The highest BCUT2D eigenvalue weighted by atomic mass is 79.9. The van der Waals surface area contributed by atoms with Gasteiger partial charge in [-0.3, -0.25) is 0 Å². The van der Waals surface area contributed by atoms with Gasteiger partial charge in [-0.2, -0.15) is 5.10 Å². The molecule has 0 radical (unpaired) electrons. The average molecular weight is 617 g/mol. The molecule has 0 bridgehead atoms. The second kappa shape index (κ2) is 10.5. The molecule has 4 heterocycles. The van der Waals surface area contributed by atoms with Gasteiger partial charge in [-0.1, -0.05) is 12.1 Å². The van der Waals surface area contributed by atoms with Crippen molar-refractivity contribution in [3.8, 4) is 0 Å². The Balaban J connectivity index is 1.42. The summed E-state index contributed by atoms with van der Waals surface area (Å²) in [5.74, 6) is -0.0237. The van der Waals surface area contributed by atoms with Gasteiger partial charge in [0, 0.05) is 53.3 Å². The minimum atomic E-state index is -1.56. The Morgan fingerprint density at radius 1 is 1.08 bits per heavy atom. The molecule has 1 aromatic carbocycles. The fraction of sp³-hybridized carbons (Fsp3) is 0.333. The van der Waals surface area contributed by atoms with E-state index < -0.39 is 32.9 Å². The van der Waals surface area contributed by atoms with E-state index in [0.29, 0.717) is 24.4 Å². The van der Waals surface area contributed by atoms with Crippen LogP contribution in [0.2, 0.25) is 0 Å². The molecule has 0 aliphatic carbocycles. The summed E-state index contributed by atoms with van der Waals surface area (Å²) in [5, 5.41) is 4.26. The lowest BCUT2D eigenvalue weighted by atomic mass is 9.87. The van der Waals surface area contributed by atoms with E-state index in [4.69, 9.17) is 0 Å². The minimum Gasteiger partial charge on any atom is -0.351 e. The monoisotopic (exact) mass is 615 g/mol. The van der Waals surface area contributed by atoms with Crippen LogP contribution in [0.25, 0.3) is 11.1 Å². The summed E-state index contributed by atoms with van der Waals surface area (Å²) >= 11 is 3.49. The van der Waals surface area contributed by atoms with E-state index in [9.17, 15) is 13.0 Å². The number of aromatic nitrogens is 5. The molecule has 0 fully saturated rings. The number of halogens is 3. The summed E-state index contributed by atoms with van der Waals surface area (Å²) in [5.41, 5.74) is 1.29. The first-order valence-corrected chi connectivity index (χ1v) is 14.3. The lowest BCUT2D eigenvalue weighted by molar-refractivity contribution is 0.479. The van der Waals surface area contributed by atoms with Gasteiger partial charge in [0.2, 0.25) is 0 Å². The van der Waals surface area contributed by atoms with Crippen molar-refractivity contribution >= 4 is 43.8 Å². The van der Waals surface area contributed by atoms with Crippen molar-refractivity contribution in [2.24, 2.45) is 0 Å². The Bertz CT molecular complexity index is 1590. The topological polar surface area (TPSA) is 88.3 Å². The SMILES string of the molecule is CC(NS(=O)C(C)(C)C)(c1cnc(C2=CCN(c3ncnn4cc(Br)cc34)CC2)nc1)c1ccc(F)cc1F. The smallest absolute Gasteiger partial charge is 0.156 e. The molecule has 2 unspecified atom stereocenters. The molecule has 4 aromatic rings. The zero-order valence-corrected chi connectivity index (χ0v) is 24.4. The summed E-state index contributed by atoms with van der Waals surface area (Å²) in [4.78, 5) is 15.8. The van der Waals surface area contributed by atoms with Gasteiger partial charge >= 0.3 is 0 Å². The number of rotatable bonds is 6. The maximum atomic E-state index is 15.0. The molecule has 2 atom stereocenters. The van der Waals surface area contributed by atoms with E-state index in [-0.39, 0.29) is 5.56 Å². The lowest BCUT2D eigenvalue weighted by Crippen LogP contribution is -2.47. The van der Waals surface area contributed by atoms with Crippen LogP contribution in [0.15, 0.2) is 59.7 Å². The summed E-state index contributed by atoms with van der Waals surface area (Å²) in [6, 6.07) is 5.35. The van der Waals surface area contributed by atoms with Gasteiger partial charge in [-0.25, -0.2) is 37.2 Å². The van der Waals surface area contributed by atoms with E-state index in [2.05, 4.69) is 51.7 Å². The molecule has 1 aliphatic rings. The second-order valence-corrected chi connectivity index (χ2v) is 13.4. The molecular weight excluding hydrogens is 588 g/mol. The van der Waals surface area contributed by atoms with E-state index in [1.807, 2.05) is 33.0 Å². The quantitative estimate of drug-likeness (QED) is 0.322. The van der Waals surface area contributed by atoms with E-state index >= 15 is 0 Å². The number of nitrogens with one attached hydrogen (secondary N) is 1. The van der Waals surface area contributed by atoms with Crippen LogP contribution in [0.3, 0.4) is 0 Å². The van der Waals surface area contributed by atoms with Crippen LogP contribution in [0, 0.1) is 11.6 Å². The van der Waals surface area contributed by atoms with Gasteiger partial charge in [0.1, 0.15) is 23.5 Å². The molecule has 5 rings (SSSR count). The first-order chi connectivity index (χ1) is 18.5. The first-order valence-electron chi connectivity index (χ1n) is 12.4. The Hall–Kier alpha value is -3.09. The maximum absolute atomic E-state index is 15.0. The maximum Gasteiger partial charge on any atom is 0.156 e. The van der Waals surface area contributed by atoms with Gasteiger partial charge in [0.25, 0.3) is 0 Å². The standard InChI is InChI=1S/C27H28BrF2N7OS/c1-26(2,3)39(38)35-27(4,21-6-5-20(29)12-22(21)30)18-13-31-24(32-14-18)17-7-9-36(10-8-17)25-23-11-19(28)15-37(23)34-16-33-25/h5-7,11-16,35H,8-10H2,1-4H3. The number of anilines is 1. The first kappa shape index (κ1) is 27.5. The van der Waals surface area contributed by atoms with Crippen molar-refractivity contribution in [2.75, 3.05) is 18.0 Å². The normalized spacial score (nSPS) is 16.7. The number of fused-ring (bicyclic) bond motifs is 1. The third-order valence-electron chi connectivity index (χ3n) is 6.70. The minimum absolute atomic E-state index is 0.151. The molecule has 204 valence electrons. The fourth-order valence-electron chi connectivity index (χ4n) is 4.45. The fourth-order valence-corrected chi connectivity index (χ4v) is 5.76. The third kappa shape index (κ3) is 5.50. The Kier molecular flexibility index (Phi) is 7.38. The predicted molar refractivity (Wildman–Crippen MR) is 151 cm³/mol. The summed E-state index contributed by atoms with van der Waals surface area (Å²) in [7, 11) is -1.56. The van der Waals surface area contributed by atoms with Gasteiger partial charge < -0.3 is 4.90 Å². The molecule has 0 saturated carbocycles. The highest BCUT2D eigenvalue weighted by Gasteiger charge is 2.37. The average Bonchev–Trinajstić information content (AvgIpc) is 3.28. The van der Waals surface area contributed by atoms with Crippen LogP contribution < -0.4 is 9.62 Å². The van der Waals surface area contributed by atoms with Crippen molar-refractivity contribution in [3.63, 3.8) is 0 Å². The van der Waals surface area contributed by atoms with Crippen LogP contribution >= 0.6 is 15.9 Å². The van der Waals surface area contributed by atoms with Gasteiger partial charge in [0.15, 0.2) is 11.6 Å². The van der Waals surface area contributed by atoms with E-state index in [1.54, 1.807) is 23.8 Å². The number of nitrogens with zero attached hydrogens (tertiary/aromatic N) is 6. The van der Waals surface area contributed by atoms with Crippen LogP contribution in [0.4, 0.5) is 14.6 Å². The van der Waals surface area contributed by atoms with E-state index in [0.717, 1.165) is 34.0 Å². The van der Waals surface area contributed by atoms with Gasteiger partial charge in [-0.15, -0.1) is 0 Å². The molecule has 3 aromatic heterocycles. The summed E-state index contributed by atoms with van der Waals surface area (Å²) in [6.45, 7) is 8.50. The third-order valence-corrected chi connectivity index (χ3v) is 8.84. The number of benzene rings is 1. The predicted octanol–water partition coefficient (Wildman–Crippen LogP) is 5.17. The molecule has 0 saturated heterocycles. The second-order valence-electron chi connectivity index (χ2n) is 10.5. The Morgan fingerprint density at radius 2 is 1.82 bits per heavy atom. The molecule has 12 heteroatoms. The van der Waals surface area contributed by atoms with Crippen molar-refractivity contribution in [1.29, 1.82) is 0 Å². The summed E-state index contributed by atoms with van der Waals surface area (Å²) in [6.07, 6.45) is 9.42. The number of hydrogen-bond acceptors (Lipinski definition) is 6. The largest absolute Gasteiger partial charge is 0.351 e. The molecule has 0 amide bonds. The van der Waals surface area contributed by atoms with Crippen LogP contribution in [-0.2, 0) is 16.5 Å². The van der Waals surface area contributed by atoms with Crippen LogP contribution in [0.1, 0.15) is 51.1 Å². The Labute approximate surface area is 236 Å². The molecule has 8 nitrogen and oxygen atoms in total. The zero-order chi connectivity index (χ0) is 27.9. The van der Waals surface area contributed by atoms with Crippen LogP contribution in [-0.4, -0.2) is 46.6 Å². The zero-order valence-electron chi connectivity index (χ0n) is 22.0. The van der Waals surface area contributed by atoms with Gasteiger partial charge in [0.05, 0.1) is 21.3 Å². The number of hydrogen-bond donors (Lipinski definition) is 1. The van der Waals surface area contributed by atoms with Crippen molar-refractivity contribution in [3.05, 3.63) is 88.3 Å². The van der Waals surface area contributed by atoms with Gasteiger partial charge in [-0.05, 0) is 67.8 Å². The van der Waals surface area contributed by atoms with Crippen molar-refractivity contribution in [2.45, 2.75) is 44.4 Å². The van der Waals surface area contributed by atoms with Crippen LogP contribution in [0.5, 0.6) is 0 Å². The molecule has 39 heavy (non-hydrogen) atoms. The van der Waals surface area contributed by atoms with Crippen molar-refractivity contribution in [1.82, 2.24) is 29.3 Å². The highest BCUT2D eigenvalue weighted by molar-refractivity contribution is 9.10. The summed E-state index contributed by atoms with van der Waals surface area (Å²) < 4.78 is 46.9. The van der Waals surface area contributed by atoms with E-state index in [1.165, 1.54) is 18.5 Å². The highest BCUT2D eigenvalue weighted by Crippen LogP contribution is 2.33. The van der Waals surface area contributed by atoms with Crippen molar-refractivity contribution < 1.29 is 13.0 Å².